The zero-order valence-corrected chi connectivity index (χ0v) is 32.0. The molecule has 11 heteroatoms. The first kappa shape index (κ1) is 40.0. The lowest BCUT2D eigenvalue weighted by atomic mass is 9.74. The third-order valence-corrected chi connectivity index (χ3v) is 10.5. The van der Waals surface area contributed by atoms with Crippen LogP contribution in [0.2, 0.25) is 0 Å². The molecular weight excluding hydrogens is 636 g/mol. The number of pyridine rings is 1. The fourth-order valence-electron chi connectivity index (χ4n) is 7.69. The van der Waals surface area contributed by atoms with Gasteiger partial charge in [0, 0.05) is 50.4 Å². The van der Waals surface area contributed by atoms with Crippen LogP contribution in [0.15, 0.2) is 36.7 Å². The summed E-state index contributed by atoms with van der Waals surface area (Å²) in [6, 6.07) is 8.42. The Balaban J connectivity index is 1.61. The van der Waals surface area contributed by atoms with E-state index >= 15 is 0 Å². The van der Waals surface area contributed by atoms with Crippen molar-refractivity contribution >= 4 is 28.2 Å². The number of nitrogens with zero attached hydrogens (tertiary/aromatic N) is 4. The van der Waals surface area contributed by atoms with E-state index in [1.807, 2.05) is 44.8 Å². The summed E-state index contributed by atoms with van der Waals surface area (Å²) in [5.74, 6) is -1.51. The number of fused-ring (bicyclic) bond motifs is 1. The Kier molecular flexibility index (Phi) is 13.7. The minimum Gasteiger partial charge on any atom is -0.464 e. The molecule has 50 heavy (non-hydrogen) atoms. The quantitative estimate of drug-likeness (QED) is 0.278. The van der Waals surface area contributed by atoms with Gasteiger partial charge in [-0.1, -0.05) is 26.0 Å². The van der Waals surface area contributed by atoms with Crippen LogP contribution in [-0.2, 0) is 35.1 Å². The van der Waals surface area contributed by atoms with E-state index in [1.54, 1.807) is 34.1 Å². The van der Waals surface area contributed by atoms with Crippen LogP contribution in [0.4, 0.5) is 0 Å². The summed E-state index contributed by atoms with van der Waals surface area (Å²) >= 11 is 0. The lowest BCUT2D eigenvalue weighted by Crippen LogP contribution is -2.58. The average molecular weight is 698 g/mol. The summed E-state index contributed by atoms with van der Waals surface area (Å²) in [5.41, 5.74) is -0.429. The van der Waals surface area contributed by atoms with Crippen molar-refractivity contribution < 1.29 is 38.2 Å². The maximum Gasteiger partial charge on any atom is 0.319 e. The van der Waals surface area contributed by atoms with Gasteiger partial charge in [0.2, 0.25) is 0 Å². The number of rotatable bonds is 5. The van der Waals surface area contributed by atoms with E-state index in [0.717, 1.165) is 42.5 Å². The second kappa shape index (κ2) is 17.1. The lowest BCUT2D eigenvalue weighted by molar-refractivity contribution is -0.473. The van der Waals surface area contributed by atoms with Crippen LogP contribution >= 0.6 is 0 Å². The monoisotopic (exact) mass is 697 g/mol. The molecule has 0 amide bonds. The third kappa shape index (κ3) is 9.74. The average Bonchev–Trinajstić information content (AvgIpc) is 3.06. The number of Topliss-reactive ketones (excluding diaryl/α,β-unsaturated/α-hetero) is 1. The summed E-state index contributed by atoms with van der Waals surface area (Å²) < 4.78 is 26.8. The number of hydrogen-bond donors (Lipinski definition) is 1. The Labute approximate surface area is 298 Å². The molecule has 1 aromatic carbocycles. The number of carbonyl (C=O) groups is 2. The van der Waals surface area contributed by atoms with Gasteiger partial charge in [0.25, 0.3) is 0 Å². The van der Waals surface area contributed by atoms with E-state index < -0.39 is 41.4 Å². The normalized spacial score (nSPS) is 31.7. The van der Waals surface area contributed by atoms with Crippen molar-refractivity contribution in [3.05, 3.63) is 42.2 Å². The number of aliphatic hydroxyl groups is 1. The number of ketones is 1. The molecule has 0 aliphatic carbocycles. The van der Waals surface area contributed by atoms with E-state index in [0.29, 0.717) is 25.9 Å². The molecule has 3 heterocycles. The number of cyclic esters (lactones) is 1. The largest absolute Gasteiger partial charge is 0.464 e. The van der Waals surface area contributed by atoms with Gasteiger partial charge >= 0.3 is 5.97 Å². The van der Waals surface area contributed by atoms with E-state index in [2.05, 4.69) is 47.0 Å². The molecule has 0 bridgehead atoms. The van der Waals surface area contributed by atoms with Crippen LogP contribution < -0.4 is 0 Å². The molecule has 4 rings (SSSR count). The van der Waals surface area contributed by atoms with Crippen molar-refractivity contribution in [3.63, 3.8) is 0 Å². The van der Waals surface area contributed by atoms with Crippen LogP contribution in [0.5, 0.6) is 0 Å². The summed E-state index contributed by atoms with van der Waals surface area (Å²) in [5, 5.41) is 13.6. The van der Waals surface area contributed by atoms with Gasteiger partial charge in [0.1, 0.15) is 26.1 Å². The Morgan fingerprint density at radius 3 is 2.50 bits per heavy atom. The predicted molar refractivity (Wildman–Crippen MR) is 194 cm³/mol. The van der Waals surface area contributed by atoms with E-state index in [4.69, 9.17) is 18.9 Å². The molecule has 0 saturated carbocycles. The van der Waals surface area contributed by atoms with E-state index in [1.165, 1.54) is 5.56 Å². The van der Waals surface area contributed by atoms with Crippen molar-refractivity contribution in [1.29, 1.82) is 0 Å². The molecule has 2 aliphatic heterocycles. The molecule has 0 spiro atoms. The SMILES string of the molecule is CO[C@]1(C)C[C@@H](C)CN(C)CCCN(Cc2ccc3cnccc3c2)CCOC(=O)C(C)(C)C(=O)[C@H](C)[C@H]1O[C@@H]1O[C@H](C)CC(=[N+](C)C)[C@H]1O. The van der Waals surface area contributed by atoms with Crippen molar-refractivity contribution in [1.82, 2.24) is 14.8 Å². The van der Waals surface area contributed by atoms with Gasteiger partial charge in [-0.3, -0.25) is 19.5 Å². The van der Waals surface area contributed by atoms with Crippen molar-refractivity contribution in [2.24, 2.45) is 17.3 Å². The predicted octanol–water partition coefficient (Wildman–Crippen LogP) is 4.17. The molecule has 1 aromatic heterocycles. The van der Waals surface area contributed by atoms with Gasteiger partial charge in [-0.25, -0.2) is 4.58 Å². The van der Waals surface area contributed by atoms with Crippen molar-refractivity contribution in [2.75, 3.05) is 61.0 Å². The Morgan fingerprint density at radius 2 is 1.80 bits per heavy atom. The highest BCUT2D eigenvalue weighted by Crippen LogP contribution is 2.37. The Bertz CT molecular complexity index is 1490. The molecule has 11 nitrogen and oxygen atoms in total. The number of aromatic nitrogens is 1. The van der Waals surface area contributed by atoms with Crippen LogP contribution in [0.25, 0.3) is 10.8 Å². The summed E-state index contributed by atoms with van der Waals surface area (Å²) in [6.45, 7) is 15.0. The Hall–Kier alpha value is -2.80. The molecule has 0 unspecified atom stereocenters. The standard InChI is InChI=1S/C39H61N4O7/c1-26-22-39(6,47-10)35(50-36-33(44)32(41(7)8)20-27(2)49-36)28(3)34(45)38(4,5)37(46)48-19-18-43(17-11-16-42(9)24-26)25-29-12-13-31-23-40-15-14-30(31)21-29/h12-15,21,23,26-28,33,35-36,44H,11,16-20,22,24-25H2,1-10H3/q+1/t26-,27-,28+,33-,35-,36+,39-/m1/s1. The van der Waals surface area contributed by atoms with Crippen LogP contribution in [0.3, 0.4) is 0 Å². The molecule has 1 N–H and O–H groups in total. The molecule has 2 aliphatic rings. The molecule has 7 atom stereocenters. The van der Waals surface area contributed by atoms with Gasteiger partial charge in [-0.15, -0.1) is 0 Å². The zero-order chi connectivity index (χ0) is 36.8. The highest BCUT2D eigenvalue weighted by Gasteiger charge is 2.51. The van der Waals surface area contributed by atoms with Gasteiger partial charge in [-0.05, 0) is 89.7 Å². The maximum atomic E-state index is 14.4. The van der Waals surface area contributed by atoms with Crippen LogP contribution in [-0.4, -0.2) is 133 Å². The molecule has 2 fully saturated rings. The highest BCUT2D eigenvalue weighted by atomic mass is 16.7. The van der Waals surface area contributed by atoms with E-state index in [9.17, 15) is 14.7 Å². The van der Waals surface area contributed by atoms with Crippen LogP contribution in [0, 0.1) is 17.3 Å². The number of hydrogen-bond acceptors (Lipinski definition) is 10. The summed E-state index contributed by atoms with van der Waals surface area (Å²) in [7, 11) is 7.54. The highest BCUT2D eigenvalue weighted by molar-refractivity contribution is 6.04. The summed E-state index contributed by atoms with van der Waals surface area (Å²) in [6.07, 6.45) is 2.67. The topological polar surface area (TPSA) is 114 Å². The van der Waals surface area contributed by atoms with E-state index in [-0.39, 0.29) is 24.4 Å². The van der Waals surface area contributed by atoms with Gasteiger partial charge in [0.05, 0.1) is 24.2 Å². The summed E-state index contributed by atoms with van der Waals surface area (Å²) in [4.78, 5) is 36.9. The number of ether oxygens (including phenoxy) is 4. The van der Waals surface area contributed by atoms with Gasteiger partial charge in [0.15, 0.2) is 23.9 Å². The van der Waals surface area contributed by atoms with Crippen molar-refractivity contribution in [3.8, 4) is 0 Å². The van der Waals surface area contributed by atoms with Gasteiger partial charge < -0.3 is 29.0 Å². The number of methoxy groups -OCH3 is 1. The van der Waals surface area contributed by atoms with Crippen molar-refractivity contribution in [2.45, 2.75) is 97.6 Å². The lowest BCUT2D eigenvalue weighted by Gasteiger charge is -2.45. The first-order valence-electron chi connectivity index (χ1n) is 18.1. The smallest absolute Gasteiger partial charge is 0.319 e. The number of esters is 1. The molecule has 278 valence electrons. The number of aliphatic hydroxyl groups excluding tert-OH is 1. The third-order valence-electron chi connectivity index (χ3n) is 10.5. The minimum absolute atomic E-state index is 0.160. The first-order chi connectivity index (χ1) is 23.5. The molecule has 2 saturated heterocycles. The molecule has 2 aromatic rings. The number of benzene rings is 1. The van der Waals surface area contributed by atoms with Gasteiger partial charge in [-0.2, -0.15) is 0 Å². The second-order valence-corrected chi connectivity index (χ2v) is 15.6. The fourth-order valence-corrected chi connectivity index (χ4v) is 7.69. The number of carbonyl (C=O) groups excluding carboxylic acids is 2. The molecular formula is C39H61N4O7+. The first-order valence-corrected chi connectivity index (χ1v) is 18.1. The van der Waals surface area contributed by atoms with Crippen LogP contribution in [0.1, 0.15) is 66.4 Å². The fraction of sp³-hybridized carbons (Fsp3) is 0.692. The minimum atomic E-state index is -1.45. The maximum absolute atomic E-state index is 14.4. The zero-order valence-electron chi connectivity index (χ0n) is 32.0. The Morgan fingerprint density at radius 1 is 1.06 bits per heavy atom. The second-order valence-electron chi connectivity index (χ2n) is 15.6. The molecule has 0 radical (unpaired) electrons.